The molecule has 0 saturated heterocycles. The fraction of sp³-hybridized carbons (Fsp3) is 0.136. The largest absolute Gasteiger partial charge is 0.508 e. The number of carbonyl (C=O) groups is 1. The first-order valence-electron chi connectivity index (χ1n) is 9.02. The zero-order chi connectivity index (χ0) is 21.6. The molecule has 3 aromatic carbocycles. The summed E-state index contributed by atoms with van der Waals surface area (Å²) in [5.41, 5.74) is 0.710. The van der Waals surface area contributed by atoms with E-state index in [1.807, 2.05) is 0 Å². The number of rotatable bonds is 3. The van der Waals surface area contributed by atoms with Crippen LogP contribution in [0.2, 0.25) is 0 Å². The van der Waals surface area contributed by atoms with Crippen molar-refractivity contribution in [1.29, 1.82) is 0 Å². The zero-order valence-corrected chi connectivity index (χ0v) is 15.5. The number of ketones is 1. The summed E-state index contributed by atoms with van der Waals surface area (Å²) >= 11 is 0. The molecule has 1 heterocycles. The van der Waals surface area contributed by atoms with Crippen LogP contribution in [-0.4, -0.2) is 42.5 Å². The van der Waals surface area contributed by atoms with Gasteiger partial charge in [-0.3, -0.25) is 4.79 Å². The van der Waals surface area contributed by atoms with Crippen LogP contribution < -0.4 is 4.74 Å². The average molecular weight is 410 g/mol. The number of aliphatic hydroxyl groups excluding tert-OH is 1. The molecule has 0 amide bonds. The fourth-order valence-electron chi connectivity index (χ4n) is 3.45. The highest BCUT2D eigenvalue weighted by molar-refractivity contribution is 6.06. The van der Waals surface area contributed by atoms with E-state index < -0.39 is 29.5 Å². The lowest BCUT2D eigenvalue weighted by molar-refractivity contribution is 0.0209. The van der Waals surface area contributed by atoms with Gasteiger partial charge in [0.2, 0.25) is 5.78 Å². The molecule has 6 N–H and O–H groups in total. The lowest BCUT2D eigenvalue weighted by atomic mass is 9.90. The van der Waals surface area contributed by atoms with Gasteiger partial charge in [0.25, 0.3) is 0 Å². The van der Waals surface area contributed by atoms with Crippen LogP contribution >= 0.6 is 0 Å². The molecular formula is C22H18O8. The smallest absolute Gasteiger partial charge is 0.202 e. The van der Waals surface area contributed by atoms with Crippen LogP contribution in [0.3, 0.4) is 0 Å². The number of phenolic OH excluding ortho intramolecular Hbond substituents is 5. The van der Waals surface area contributed by atoms with Crippen LogP contribution in [0.1, 0.15) is 33.2 Å². The minimum Gasteiger partial charge on any atom is -0.508 e. The number of ether oxygens (including phenoxy) is 1. The molecule has 2 atom stereocenters. The molecule has 0 fully saturated rings. The van der Waals surface area contributed by atoms with Crippen molar-refractivity contribution in [1.82, 2.24) is 0 Å². The molecule has 154 valence electrons. The Morgan fingerprint density at radius 1 is 0.833 bits per heavy atom. The first-order chi connectivity index (χ1) is 14.3. The second kappa shape index (κ2) is 7.16. The van der Waals surface area contributed by atoms with Gasteiger partial charge >= 0.3 is 0 Å². The number of aliphatic hydroxyl groups is 1. The van der Waals surface area contributed by atoms with E-state index in [0.717, 1.165) is 6.07 Å². The second-order valence-corrected chi connectivity index (χ2v) is 7.03. The Labute approximate surface area is 170 Å². The van der Waals surface area contributed by atoms with E-state index in [2.05, 4.69) is 0 Å². The highest BCUT2D eigenvalue weighted by atomic mass is 16.5. The van der Waals surface area contributed by atoms with Crippen LogP contribution in [-0.2, 0) is 6.42 Å². The lowest BCUT2D eigenvalue weighted by Crippen LogP contribution is -2.36. The summed E-state index contributed by atoms with van der Waals surface area (Å²) in [4.78, 5) is 12.8. The van der Waals surface area contributed by atoms with Gasteiger partial charge < -0.3 is 35.4 Å². The van der Waals surface area contributed by atoms with Gasteiger partial charge in [-0.25, -0.2) is 0 Å². The first-order valence-corrected chi connectivity index (χ1v) is 9.02. The number of fused-ring (bicyclic) bond motifs is 1. The standard InChI is InChI=1S/C22H18O8/c23-12-4-1-10(2-5-12)7-13-15(25)9-17-18(19(13)27)20(28)21(29)22(30-17)11-3-6-14(24)16(26)8-11/h1-6,8-9,21-27,29H,7H2/t21-,22-/m0/s1. The van der Waals surface area contributed by atoms with Crippen LogP contribution in [0.25, 0.3) is 0 Å². The van der Waals surface area contributed by atoms with Gasteiger partial charge in [-0.2, -0.15) is 0 Å². The Morgan fingerprint density at radius 2 is 1.53 bits per heavy atom. The van der Waals surface area contributed by atoms with Gasteiger partial charge in [0.05, 0.1) is 0 Å². The summed E-state index contributed by atoms with van der Waals surface area (Å²) in [5, 5.41) is 60.1. The zero-order valence-electron chi connectivity index (χ0n) is 15.5. The maximum Gasteiger partial charge on any atom is 0.202 e. The number of carbonyl (C=O) groups excluding carboxylic acids is 1. The fourth-order valence-corrected chi connectivity index (χ4v) is 3.45. The second-order valence-electron chi connectivity index (χ2n) is 7.03. The van der Waals surface area contributed by atoms with Gasteiger partial charge in [0, 0.05) is 18.1 Å². The molecule has 4 rings (SSSR count). The number of hydrogen-bond donors (Lipinski definition) is 6. The van der Waals surface area contributed by atoms with E-state index in [4.69, 9.17) is 4.74 Å². The third-order valence-corrected chi connectivity index (χ3v) is 5.05. The predicted molar refractivity (Wildman–Crippen MR) is 104 cm³/mol. The summed E-state index contributed by atoms with van der Waals surface area (Å²) in [6.07, 6.45) is -2.82. The molecule has 1 aliphatic rings. The molecule has 0 aromatic heterocycles. The number of hydrogen-bond acceptors (Lipinski definition) is 8. The normalized spacial score (nSPS) is 18.0. The number of aromatic hydroxyl groups is 5. The Bertz CT molecular complexity index is 1140. The molecule has 8 heteroatoms. The van der Waals surface area contributed by atoms with E-state index in [1.165, 1.54) is 30.3 Å². The number of Topliss-reactive ketones (excluding diaryl/α,β-unsaturated/α-hetero) is 1. The van der Waals surface area contributed by atoms with Crippen molar-refractivity contribution in [3.8, 4) is 34.5 Å². The van der Waals surface area contributed by atoms with Crippen molar-refractivity contribution < 1.29 is 40.2 Å². The predicted octanol–water partition coefficient (Wildman–Crippen LogP) is 2.48. The summed E-state index contributed by atoms with van der Waals surface area (Å²) in [7, 11) is 0. The van der Waals surface area contributed by atoms with Crippen molar-refractivity contribution in [2.45, 2.75) is 18.6 Å². The molecule has 0 spiro atoms. The van der Waals surface area contributed by atoms with Crippen molar-refractivity contribution >= 4 is 5.78 Å². The molecule has 0 bridgehead atoms. The van der Waals surface area contributed by atoms with Crippen LogP contribution in [0.4, 0.5) is 0 Å². The number of phenols is 5. The molecule has 0 saturated carbocycles. The molecule has 3 aromatic rings. The summed E-state index contributed by atoms with van der Waals surface area (Å²) < 4.78 is 5.66. The SMILES string of the molecule is O=C1c2c(cc(O)c(Cc3ccc(O)cc3)c2O)O[C@@H](c2ccc(O)c(O)c2)[C@H]1O. The topological polar surface area (TPSA) is 148 Å². The first kappa shape index (κ1) is 19.4. The van der Waals surface area contributed by atoms with E-state index in [9.17, 15) is 35.4 Å². The van der Waals surface area contributed by atoms with Crippen LogP contribution in [0.15, 0.2) is 48.5 Å². The van der Waals surface area contributed by atoms with E-state index in [1.54, 1.807) is 12.1 Å². The quantitative estimate of drug-likeness (QED) is 0.361. The van der Waals surface area contributed by atoms with E-state index in [0.29, 0.717) is 5.56 Å². The summed E-state index contributed by atoms with van der Waals surface area (Å²) in [6, 6.07) is 11.0. The van der Waals surface area contributed by atoms with Crippen LogP contribution in [0, 0.1) is 0 Å². The Hall–Kier alpha value is -3.91. The molecule has 1 aliphatic heterocycles. The third-order valence-electron chi connectivity index (χ3n) is 5.05. The summed E-state index contributed by atoms with van der Waals surface area (Å²) in [5.74, 6) is -2.49. The van der Waals surface area contributed by atoms with E-state index >= 15 is 0 Å². The highest BCUT2D eigenvalue weighted by Crippen LogP contribution is 2.45. The third kappa shape index (κ3) is 3.23. The van der Waals surface area contributed by atoms with Gasteiger partial charge in [-0.15, -0.1) is 0 Å². The monoisotopic (exact) mass is 410 g/mol. The molecule has 8 nitrogen and oxygen atoms in total. The highest BCUT2D eigenvalue weighted by Gasteiger charge is 2.40. The van der Waals surface area contributed by atoms with Crippen molar-refractivity contribution in [3.63, 3.8) is 0 Å². The Balaban J connectivity index is 1.73. The lowest BCUT2D eigenvalue weighted by Gasteiger charge is -2.31. The maximum absolute atomic E-state index is 12.8. The maximum atomic E-state index is 12.8. The van der Waals surface area contributed by atoms with Gasteiger partial charge in [0.1, 0.15) is 28.6 Å². The van der Waals surface area contributed by atoms with Crippen molar-refractivity contribution in [2.24, 2.45) is 0 Å². The molecular weight excluding hydrogens is 392 g/mol. The van der Waals surface area contributed by atoms with Gasteiger partial charge in [-0.05, 0) is 35.4 Å². The van der Waals surface area contributed by atoms with Gasteiger partial charge in [-0.1, -0.05) is 18.2 Å². The van der Waals surface area contributed by atoms with Crippen LogP contribution in [0.5, 0.6) is 34.5 Å². The molecule has 30 heavy (non-hydrogen) atoms. The minimum atomic E-state index is -1.68. The number of benzene rings is 3. The molecule has 0 unspecified atom stereocenters. The van der Waals surface area contributed by atoms with Gasteiger partial charge in [0.15, 0.2) is 23.7 Å². The Morgan fingerprint density at radius 3 is 2.20 bits per heavy atom. The van der Waals surface area contributed by atoms with Crippen molar-refractivity contribution in [2.75, 3.05) is 0 Å². The van der Waals surface area contributed by atoms with E-state index in [-0.39, 0.29) is 46.1 Å². The molecule has 0 radical (unpaired) electrons. The van der Waals surface area contributed by atoms with Crippen molar-refractivity contribution in [3.05, 3.63) is 70.8 Å². The average Bonchev–Trinajstić information content (AvgIpc) is 2.71. The summed E-state index contributed by atoms with van der Waals surface area (Å²) in [6.45, 7) is 0. The molecule has 0 aliphatic carbocycles. The minimum absolute atomic E-state index is 0.0654. The Kier molecular flexibility index (Phi) is 4.63.